The number of carboxylic acid groups (broad SMARTS) is 2. The Hall–Kier alpha value is -3.67. The Morgan fingerprint density at radius 1 is 1.03 bits per heavy atom. The van der Waals surface area contributed by atoms with E-state index in [0.29, 0.717) is 37.3 Å². The lowest BCUT2D eigenvalue weighted by Crippen LogP contribution is -2.30. The molecular weight excluding hydrogens is 480 g/mol. The van der Waals surface area contributed by atoms with E-state index >= 15 is 0 Å². The molecule has 0 heterocycles. The minimum atomic E-state index is -0.955. The maximum Gasteiger partial charge on any atom is 0.320 e. The second kappa shape index (κ2) is 20.5. The van der Waals surface area contributed by atoms with E-state index in [-0.39, 0.29) is 12.1 Å². The molecule has 2 aromatic carbocycles. The van der Waals surface area contributed by atoms with Crippen LogP contribution in [0.5, 0.6) is 0 Å². The summed E-state index contributed by atoms with van der Waals surface area (Å²) >= 11 is 0. The third-order valence-electron chi connectivity index (χ3n) is 5.12. The first-order valence-electron chi connectivity index (χ1n) is 12.0. The van der Waals surface area contributed by atoms with Crippen LogP contribution in [0.25, 0.3) is 0 Å². The van der Waals surface area contributed by atoms with Gasteiger partial charge in [0, 0.05) is 23.7 Å². The smallest absolute Gasteiger partial charge is 0.320 e. The van der Waals surface area contributed by atoms with Crippen molar-refractivity contribution in [3.05, 3.63) is 75.8 Å². The predicted molar refractivity (Wildman–Crippen MR) is 141 cm³/mol. The highest BCUT2D eigenvalue weighted by atomic mass is 16.6. The van der Waals surface area contributed by atoms with E-state index in [4.69, 9.17) is 27.4 Å². The van der Waals surface area contributed by atoms with Gasteiger partial charge in [0.1, 0.15) is 12.3 Å². The molecule has 1 aliphatic carbocycles. The van der Waals surface area contributed by atoms with Crippen molar-refractivity contribution >= 4 is 23.9 Å². The Bertz CT molecular complexity index is 918. The number of nitro groups is 1. The molecule has 2 aromatic rings. The van der Waals surface area contributed by atoms with Crippen molar-refractivity contribution in [3.63, 3.8) is 0 Å². The summed E-state index contributed by atoms with van der Waals surface area (Å²) in [5, 5.41) is 26.7. The van der Waals surface area contributed by atoms with E-state index in [0.717, 1.165) is 5.56 Å². The first-order chi connectivity index (χ1) is 17.6. The van der Waals surface area contributed by atoms with E-state index in [1.807, 2.05) is 18.2 Å². The highest BCUT2D eigenvalue weighted by Crippen LogP contribution is 2.14. The molecule has 11 heteroatoms. The standard InChI is InChI=1S/C8H8O2.C7H5NO3.C6H13N.C5H12N2O2/c9-8(10)6-7-4-2-1-3-5-7;9-5-6-1-3-7(4-2-6)8(10)11;7-6-4-2-1-3-5-6;6-3-1-2-4(7)5(8)9/h1-5H,6H2,(H,9,10);1-5H;6H,1-5,7H2;4H,1-3,6-7H2,(H,8,9)/t;;;4-/m...1/s1. The molecule has 0 unspecified atom stereocenters. The molecule has 0 bridgehead atoms. The Morgan fingerprint density at radius 2 is 1.59 bits per heavy atom. The van der Waals surface area contributed by atoms with E-state index in [9.17, 15) is 24.5 Å². The fourth-order valence-electron chi connectivity index (χ4n) is 3.04. The Kier molecular flexibility index (Phi) is 18.5. The molecule has 1 aliphatic rings. The van der Waals surface area contributed by atoms with Gasteiger partial charge in [-0.15, -0.1) is 0 Å². The van der Waals surface area contributed by atoms with Gasteiger partial charge in [-0.05, 0) is 49.9 Å². The van der Waals surface area contributed by atoms with E-state index in [1.165, 1.54) is 56.4 Å². The molecule has 0 radical (unpaired) electrons. The second-order valence-corrected chi connectivity index (χ2v) is 8.30. The van der Waals surface area contributed by atoms with Crippen molar-refractivity contribution in [3.8, 4) is 0 Å². The van der Waals surface area contributed by atoms with Crippen molar-refractivity contribution in [1.29, 1.82) is 0 Å². The summed E-state index contributed by atoms with van der Waals surface area (Å²) in [6.07, 6.45) is 8.56. The van der Waals surface area contributed by atoms with Crippen LogP contribution in [0.3, 0.4) is 0 Å². The van der Waals surface area contributed by atoms with Crippen molar-refractivity contribution in [2.24, 2.45) is 17.2 Å². The lowest BCUT2D eigenvalue weighted by molar-refractivity contribution is -0.384. The normalized spacial score (nSPS) is 13.2. The fraction of sp³-hybridized carbons (Fsp3) is 0.423. The number of hydrogen-bond donors (Lipinski definition) is 5. The van der Waals surface area contributed by atoms with Crippen molar-refractivity contribution < 1.29 is 29.5 Å². The summed E-state index contributed by atoms with van der Waals surface area (Å²) in [5.74, 6) is -1.74. The summed E-state index contributed by atoms with van der Waals surface area (Å²) in [6, 6.07) is 14.3. The average molecular weight is 519 g/mol. The Labute approximate surface area is 216 Å². The summed E-state index contributed by atoms with van der Waals surface area (Å²) in [7, 11) is 0. The molecule has 1 saturated carbocycles. The first kappa shape index (κ1) is 33.3. The van der Waals surface area contributed by atoms with Gasteiger partial charge in [0.15, 0.2) is 0 Å². The number of non-ortho nitro benzene ring substituents is 1. The van der Waals surface area contributed by atoms with Crippen LogP contribution in [0.1, 0.15) is 60.9 Å². The van der Waals surface area contributed by atoms with Gasteiger partial charge in [-0.2, -0.15) is 0 Å². The summed E-state index contributed by atoms with van der Waals surface area (Å²) in [4.78, 5) is 39.9. The highest BCUT2D eigenvalue weighted by Gasteiger charge is 2.09. The molecule has 1 fully saturated rings. The van der Waals surface area contributed by atoms with Gasteiger partial charge in [0.2, 0.25) is 0 Å². The van der Waals surface area contributed by atoms with E-state index < -0.39 is 22.9 Å². The minimum absolute atomic E-state index is 0.00407. The topological polar surface area (TPSA) is 213 Å². The van der Waals surface area contributed by atoms with Crippen molar-refractivity contribution in [1.82, 2.24) is 0 Å². The van der Waals surface area contributed by atoms with Gasteiger partial charge < -0.3 is 27.4 Å². The van der Waals surface area contributed by atoms with Gasteiger partial charge >= 0.3 is 11.9 Å². The van der Waals surface area contributed by atoms with Crippen LogP contribution in [0.15, 0.2) is 54.6 Å². The summed E-state index contributed by atoms with van der Waals surface area (Å²) < 4.78 is 0. The molecule has 8 N–H and O–H groups in total. The maximum absolute atomic E-state index is 10.2. The van der Waals surface area contributed by atoms with Crippen LogP contribution in [0.4, 0.5) is 5.69 Å². The van der Waals surface area contributed by atoms with Crippen LogP contribution in [0.2, 0.25) is 0 Å². The highest BCUT2D eigenvalue weighted by molar-refractivity contribution is 5.75. The monoisotopic (exact) mass is 518 g/mol. The number of nitrogens with two attached hydrogens (primary N) is 3. The largest absolute Gasteiger partial charge is 0.481 e. The van der Waals surface area contributed by atoms with Gasteiger partial charge in [-0.1, -0.05) is 49.6 Å². The third-order valence-corrected chi connectivity index (χ3v) is 5.12. The zero-order valence-electron chi connectivity index (χ0n) is 20.9. The quantitative estimate of drug-likeness (QED) is 0.195. The molecule has 1 atom stereocenters. The zero-order chi connectivity index (χ0) is 28.1. The molecule has 11 nitrogen and oxygen atoms in total. The fourth-order valence-corrected chi connectivity index (χ4v) is 3.04. The predicted octanol–water partition coefficient (Wildman–Crippen LogP) is 3.14. The number of benzene rings is 2. The van der Waals surface area contributed by atoms with Crippen LogP contribution >= 0.6 is 0 Å². The number of aldehydes is 1. The molecule has 0 aromatic heterocycles. The number of nitrogens with zero attached hydrogens (tertiary/aromatic N) is 1. The molecule has 0 saturated heterocycles. The van der Waals surface area contributed by atoms with Gasteiger partial charge in [-0.25, -0.2) is 0 Å². The number of nitro benzene ring substituents is 1. The van der Waals surface area contributed by atoms with Crippen LogP contribution in [-0.2, 0) is 16.0 Å². The number of hydrogen-bond acceptors (Lipinski definition) is 8. The lowest BCUT2D eigenvalue weighted by Gasteiger charge is -2.15. The van der Waals surface area contributed by atoms with Crippen LogP contribution in [0, 0.1) is 10.1 Å². The van der Waals surface area contributed by atoms with Gasteiger partial charge in [-0.3, -0.25) is 24.5 Å². The average Bonchev–Trinajstić information content (AvgIpc) is 2.89. The molecule has 37 heavy (non-hydrogen) atoms. The lowest BCUT2D eigenvalue weighted by atomic mass is 9.97. The van der Waals surface area contributed by atoms with Crippen LogP contribution in [-0.4, -0.2) is 52.0 Å². The van der Waals surface area contributed by atoms with Crippen molar-refractivity contribution in [2.75, 3.05) is 6.54 Å². The van der Waals surface area contributed by atoms with Crippen LogP contribution < -0.4 is 17.2 Å². The summed E-state index contributed by atoms with van der Waals surface area (Å²) in [6.45, 7) is 0.501. The number of carbonyl (C=O) groups excluding carboxylic acids is 1. The number of aliphatic carboxylic acids is 2. The second-order valence-electron chi connectivity index (χ2n) is 8.30. The molecule has 0 spiro atoms. The third kappa shape index (κ3) is 18.3. The number of carboxylic acids is 2. The van der Waals surface area contributed by atoms with E-state index in [2.05, 4.69) is 0 Å². The summed E-state index contributed by atoms with van der Waals surface area (Å²) in [5.41, 5.74) is 17.2. The minimum Gasteiger partial charge on any atom is -0.481 e. The van der Waals surface area contributed by atoms with Gasteiger partial charge in [0.05, 0.1) is 11.3 Å². The number of rotatable bonds is 8. The molecule has 0 aliphatic heterocycles. The zero-order valence-corrected chi connectivity index (χ0v) is 20.9. The van der Waals surface area contributed by atoms with E-state index in [1.54, 1.807) is 12.1 Å². The number of carbonyl (C=O) groups is 3. The van der Waals surface area contributed by atoms with Gasteiger partial charge in [0.25, 0.3) is 5.69 Å². The molecule has 3 rings (SSSR count). The molecule has 0 amide bonds. The molecular formula is C26H38N4O7. The molecule has 204 valence electrons. The Morgan fingerprint density at radius 3 is 1.97 bits per heavy atom. The SMILES string of the molecule is NC1CCCCC1.NCCC[C@@H](N)C(=O)O.O=C(O)Cc1ccccc1.O=Cc1ccc([N+](=O)[O-])cc1. The maximum atomic E-state index is 10.2. The Balaban J connectivity index is 0.000000472. The first-order valence-corrected chi connectivity index (χ1v) is 12.0. The van der Waals surface area contributed by atoms with Crippen molar-refractivity contribution in [2.45, 2.75) is 63.5 Å².